The van der Waals surface area contributed by atoms with Crippen molar-refractivity contribution in [1.82, 2.24) is 5.32 Å². The highest BCUT2D eigenvalue weighted by atomic mass is 16.4. The van der Waals surface area contributed by atoms with Crippen LogP contribution in [0.4, 0.5) is 0 Å². The van der Waals surface area contributed by atoms with Crippen molar-refractivity contribution in [1.29, 1.82) is 0 Å². The molecule has 0 unspecified atom stereocenters. The Morgan fingerprint density at radius 2 is 1.95 bits per heavy atom. The van der Waals surface area contributed by atoms with Crippen molar-refractivity contribution >= 4 is 11.9 Å². The molecule has 0 aromatic heterocycles. The van der Waals surface area contributed by atoms with E-state index in [4.69, 9.17) is 1.41 Å². The van der Waals surface area contributed by atoms with Crippen molar-refractivity contribution in [2.75, 3.05) is 0 Å². The number of aromatic hydroxyl groups is 1. The van der Waals surface area contributed by atoms with E-state index in [9.17, 15) is 19.8 Å². The van der Waals surface area contributed by atoms with Crippen molar-refractivity contribution in [2.24, 2.45) is 11.6 Å². The second kappa shape index (κ2) is 6.91. The van der Waals surface area contributed by atoms with Crippen molar-refractivity contribution < 1.29 is 21.2 Å². The molecular weight excluding hydrogens is 260 g/mol. The molecular formula is C14H20N2O4. The van der Waals surface area contributed by atoms with Gasteiger partial charge in [-0.05, 0) is 23.6 Å². The predicted molar refractivity (Wildman–Crippen MR) is 74.2 cm³/mol. The van der Waals surface area contributed by atoms with Crippen LogP contribution in [0.15, 0.2) is 24.3 Å². The molecule has 20 heavy (non-hydrogen) atoms. The molecule has 0 fully saturated rings. The molecule has 6 heteroatoms. The minimum atomic E-state index is -1.15. The summed E-state index contributed by atoms with van der Waals surface area (Å²) in [7, 11) is 0. The van der Waals surface area contributed by atoms with Crippen molar-refractivity contribution in [3.63, 3.8) is 0 Å². The molecule has 0 aliphatic heterocycles. The lowest BCUT2D eigenvalue weighted by Gasteiger charge is -2.19. The van der Waals surface area contributed by atoms with Crippen LogP contribution in [0.3, 0.4) is 0 Å². The van der Waals surface area contributed by atoms with Gasteiger partial charge >= 0.3 is 5.97 Å². The van der Waals surface area contributed by atoms with Gasteiger partial charge < -0.3 is 21.3 Å². The Labute approximate surface area is 119 Å². The summed E-state index contributed by atoms with van der Waals surface area (Å²) in [4.78, 5) is 23.2. The SMILES string of the molecule is [2H]N[C@H](C(=O)N[C@@H](Cc1ccc(O)cc1)C(=O)O)C(C)C. The number of carboxylic acids is 1. The third kappa shape index (κ3) is 4.55. The lowest BCUT2D eigenvalue weighted by atomic mass is 10.0. The van der Waals surface area contributed by atoms with E-state index in [0.29, 0.717) is 5.56 Å². The average Bonchev–Trinajstić information content (AvgIpc) is 2.40. The predicted octanol–water partition coefficient (Wildman–Crippen LogP) is 0.487. The molecule has 0 heterocycles. The quantitative estimate of drug-likeness (QED) is 0.581. The Bertz CT molecular complexity index is 490. The molecule has 0 bridgehead atoms. The van der Waals surface area contributed by atoms with Crippen molar-refractivity contribution in [3.8, 4) is 5.75 Å². The summed E-state index contributed by atoms with van der Waals surface area (Å²) >= 11 is 0. The number of phenols is 1. The molecule has 1 rings (SSSR count). The molecule has 110 valence electrons. The Hall–Kier alpha value is -2.08. The van der Waals surface area contributed by atoms with Crippen molar-refractivity contribution in [3.05, 3.63) is 29.8 Å². The highest BCUT2D eigenvalue weighted by Crippen LogP contribution is 2.11. The zero-order chi connectivity index (χ0) is 16.0. The lowest BCUT2D eigenvalue weighted by Crippen LogP contribution is -2.51. The van der Waals surface area contributed by atoms with Gasteiger partial charge in [-0.1, -0.05) is 26.0 Å². The molecule has 1 amide bonds. The largest absolute Gasteiger partial charge is 0.508 e. The van der Waals surface area contributed by atoms with E-state index < -0.39 is 24.0 Å². The molecule has 0 aliphatic carbocycles. The molecule has 0 spiro atoms. The van der Waals surface area contributed by atoms with Gasteiger partial charge in [0.1, 0.15) is 13.2 Å². The number of hydrogen-bond donors (Lipinski definition) is 4. The summed E-state index contributed by atoms with van der Waals surface area (Å²) in [6.45, 7) is 3.53. The van der Waals surface area contributed by atoms with Crippen LogP contribution in [0.1, 0.15) is 19.4 Å². The fraction of sp³-hybridized carbons (Fsp3) is 0.429. The fourth-order valence-electron chi connectivity index (χ4n) is 1.63. The van der Waals surface area contributed by atoms with E-state index in [-0.39, 0.29) is 18.1 Å². The second-order valence-corrected chi connectivity index (χ2v) is 4.99. The van der Waals surface area contributed by atoms with E-state index in [1.54, 1.807) is 26.0 Å². The van der Waals surface area contributed by atoms with Crippen LogP contribution in [0.2, 0.25) is 1.41 Å². The first-order chi connectivity index (χ1) is 9.85. The van der Waals surface area contributed by atoms with Crippen LogP contribution >= 0.6 is 0 Å². The fourth-order valence-corrected chi connectivity index (χ4v) is 1.63. The maximum Gasteiger partial charge on any atom is 0.326 e. The molecule has 1 aromatic rings. The number of hydrogen-bond acceptors (Lipinski definition) is 4. The minimum Gasteiger partial charge on any atom is -0.508 e. The van der Waals surface area contributed by atoms with E-state index in [1.807, 2.05) is 0 Å². The van der Waals surface area contributed by atoms with Crippen LogP contribution in [-0.4, -0.2) is 34.2 Å². The van der Waals surface area contributed by atoms with E-state index >= 15 is 0 Å². The first kappa shape index (κ1) is 14.3. The highest BCUT2D eigenvalue weighted by molar-refractivity contribution is 5.87. The summed E-state index contributed by atoms with van der Waals surface area (Å²) in [5.41, 5.74) is 2.81. The van der Waals surface area contributed by atoms with Gasteiger partial charge in [0.05, 0.1) is 6.04 Å². The number of nitrogens with one attached hydrogen (secondary N) is 1. The third-order valence-corrected chi connectivity index (χ3v) is 2.94. The number of rotatable bonds is 7. The Morgan fingerprint density at radius 1 is 1.35 bits per heavy atom. The van der Waals surface area contributed by atoms with Gasteiger partial charge in [0, 0.05) is 6.42 Å². The molecule has 0 saturated carbocycles. The van der Waals surface area contributed by atoms with Crippen LogP contribution < -0.4 is 11.0 Å². The first-order valence-corrected chi connectivity index (χ1v) is 6.33. The number of carbonyl (C=O) groups excluding carboxylic acids is 1. The monoisotopic (exact) mass is 281 g/mol. The number of phenolic OH excluding ortho intramolecular Hbond substituents is 1. The van der Waals surface area contributed by atoms with E-state index in [0.717, 1.165) is 0 Å². The number of nitrogens with two attached hydrogens (primary N) is 1. The normalized spacial score (nSPS) is 14.4. The maximum absolute atomic E-state index is 12.0. The summed E-state index contributed by atoms with van der Waals surface area (Å²) in [6.07, 6.45) is 0.101. The van der Waals surface area contributed by atoms with E-state index in [1.165, 1.54) is 12.1 Å². The Balaban J connectivity index is 2.76. The second-order valence-electron chi connectivity index (χ2n) is 4.99. The lowest BCUT2D eigenvalue weighted by molar-refractivity contribution is -0.142. The average molecular weight is 281 g/mol. The third-order valence-electron chi connectivity index (χ3n) is 2.94. The Morgan fingerprint density at radius 3 is 2.40 bits per heavy atom. The van der Waals surface area contributed by atoms with Crippen LogP contribution in [0.25, 0.3) is 0 Å². The highest BCUT2D eigenvalue weighted by Gasteiger charge is 2.24. The summed E-state index contributed by atoms with van der Waals surface area (Å²) in [5.74, 6) is -1.71. The standard InChI is InChI=1S/C14H20N2O4/c1-8(2)12(15)13(18)16-11(14(19)20)7-9-3-5-10(17)6-4-9/h3-6,8,11-12,17H,7,15H2,1-2H3,(H,16,18)(H,19,20)/t11-,12-/m0/s1/i/hD. The minimum absolute atomic E-state index is 0.0907. The first-order valence-electron chi connectivity index (χ1n) is 6.83. The van der Waals surface area contributed by atoms with Gasteiger partial charge in [-0.2, -0.15) is 0 Å². The van der Waals surface area contributed by atoms with Gasteiger partial charge in [-0.3, -0.25) is 4.79 Å². The molecule has 1 aromatic carbocycles. The number of benzene rings is 1. The number of carboxylic acid groups (broad SMARTS) is 1. The van der Waals surface area contributed by atoms with Gasteiger partial charge in [-0.25, -0.2) is 4.79 Å². The molecule has 0 aliphatic rings. The molecule has 6 nitrogen and oxygen atoms in total. The molecule has 0 radical (unpaired) electrons. The van der Waals surface area contributed by atoms with Crippen LogP contribution in [0, 0.1) is 5.92 Å². The topological polar surface area (TPSA) is 113 Å². The van der Waals surface area contributed by atoms with Gasteiger partial charge in [0.25, 0.3) is 0 Å². The molecule has 0 saturated heterocycles. The zero-order valence-electron chi connectivity index (χ0n) is 12.5. The number of amides is 1. The zero-order valence-corrected chi connectivity index (χ0v) is 11.5. The van der Waals surface area contributed by atoms with Crippen LogP contribution in [-0.2, 0) is 16.0 Å². The number of carbonyl (C=O) groups is 2. The summed E-state index contributed by atoms with van der Waals surface area (Å²) < 4.78 is 7.13. The smallest absolute Gasteiger partial charge is 0.326 e. The van der Waals surface area contributed by atoms with Gasteiger partial charge in [0.15, 0.2) is 0 Å². The van der Waals surface area contributed by atoms with Gasteiger partial charge in [0.2, 0.25) is 5.91 Å². The van der Waals surface area contributed by atoms with Gasteiger partial charge in [-0.15, -0.1) is 0 Å². The van der Waals surface area contributed by atoms with Crippen molar-refractivity contribution in [2.45, 2.75) is 32.4 Å². The Kier molecular flexibility index (Phi) is 4.95. The summed E-state index contributed by atoms with van der Waals surface area (Å²) in [6, 6.07) is 4.25. The maximum atomic E-state index is 12.0. The molecule has 2 atom stereocenters. The van der Waals surface area contributed by atoms with Crippen LogP contribution in [0.5, 0.6) is 5.75 Å². The number of aliphatic carboxylic acids is 1. The van der Waals surface area contributed by atoms with E-state index in [2.05, 4.69) is 11.0 Å². The molecule has 5 N–H and O–H groups in total. The summed E-state index contributed by atoms with van der Waals surface area (Å²) in [5, 5.41) is 20.8.